The van der Waals surface area contributed by atoms with Crippen molar-refractivity contribution in [3.63, 3.8) is 0 Å². The zero-order valence-corrected chi connectivity index (χ0v) is 19.6. The van der Waals surface area contributed by atoms with Crippen LogP contribution in [0.1, 0.15) is 37.4 Å². The predicted molar refractivity (Wildman–Crippen MR) is 129 cm³/mol. The number of amides is 2. The minimum Gasteiger partial charge on any atom is -0.497 e. The Bertz CT molecular complexity index is 1380. The summed E-state index contributed by atoms with van der Waals surface area (Å²) >= 11 is 0. The van der Waals surface area contributed by atoms with Crippen molar-refractivity contribution in [2.45, 2.75) is 18.0 Å². The second-order valence-corrected chi connectivity index (χ2v) is 10.1. The number of fused-ring (bicyclic) bond motifs is 1. The Morgan fingerprint density at radius 1 is 0.971 bits per heavy atom. The molecule has 2 amide bonds. The number of rotatable bonds is 6. The molecule has 1 N–H and O–H groups in total. The summed E-state index contributed by atoms with van der Waals surface area (Å²) in [5.74, 6) is -0.444. The van der Waals surface area contributed by atoms with Gasteiger partial charge in [0.15, 0.2) is 9.84 Å². The maximum absolute atomic E-state index is 12.7. The number of methoxy groups -OCH3 is 1. The van der Waals surface area contributed by atoms with Gasteiger partial charge < -0.3 is 9.64 Å². The zero-order valence-electron chi connectivity index (χ0n) is 18.8. The second-order valence-electron chi connectivity index (χ2n) is 8.07. The maximum Gasteiger partial charge on any atom is 0.258 e. The van der Waals surface area contributed by atoms with Crippen LogP contribution in [0, 0.1) is 0 Å². The van der Waals surface area contributed by atoms with Gasteiger partial charge in [0.1, 0.15) is 5.75 Å². The normalized spacial score (nSPS) is 12.7. The third-order valence-electron chi connectivity index (χ3n) is 5.54. The average molecular weight is 477 g/mol. The predicted octanol–water partition coefficient (Wildman–Crippen LogP) is 3.66. The van der Waals surface area contributed by atoms with Gasteiger partial charge in [-0.05, 0) is 65.2 Å². The van der Waals surface area contributed by atoms with Crippen LogP contribution in [-0.2, 0) is 22.9 Å². The molecular weight excluding hydrogens is 452 g/mol. The van der Waals surface area contributed by atoms with Gasteiger partial charge in [-0.15, -0.1) is 0 Å². The molecule has 0 aliphatic carbocycles. The van der Waals surface area contributed by atoms with Gasteiger partial charge in [0, 0.05) is 36.7 Å². The first-order valence-corrected chi connectivity index (χ1v) is 12.5. The van der Waals surface area contributed by atoms with Gasteiger partial charge in [-0.2, -0.15) is 0 Å². The van der Waals surface area contributed by atoms with Crippen LogP contribution in [0.25, 0.3) is 6.08 Å². The molecule has 0 saturated heterocycles. The Morgan fingerprint density at radius 2 is 1.68 bits per heavy atom. The van der Waals surface area contributed by atoms with Gasteiger partial charge in [0.2, 0.25) is 0 Å². The van der Waals surface area contributed by atoms with E-state index in [2.05, 4.69) is 10.2 Å². The van der Waals surface area contributed by atoms with Crippen molar-refractivity contribution < 1.29 is 22.7 Å². The highest BCUT2D eigenvalue weighted by molar-refractivity contribution is 7.90. The van der Waals surface area contributed by atoms with Gasteiger partial charge in [-0.1, -0.05) is 24.3 Å². The van der Waals surface area contributed by atoms with E-state index in [4.69, 9.17) is 4.74 Å². The number of hydrogen-bond donors (Lipinski definition) is 1. The SMILES string of the molecule is COc1cccc(C(=O)NC(=O)c2ccc3c(c2)CN(Cc2ccc(S(C)(=O)=O)cc2)C=C3)c1. The first kappa shape index (κ1) is 23.3. The summed E-state index contributed by atoms with van der Waals surface area (Å²) < 4.78 is 28.4. The van der Waals surface area contributed by atoms with Crippen LogP contribution in [0.5, 0.6) is 5.75 Å². The van der Waals surface area contributed by atoms with Gasteiger partial charge in [0.05, 0.1) is 12.0 Å². The van der Waals surface area contributed by atoms with E-state index >= 15 is 0 Å². The van der Waals surface area contributed by atoms with Crippen molar-refractivity contribution in [1.29, 1.82) is 0 Å². The second kappa shape index (κ2) is 9.52. The standard InChI is InChI=1S/C26H24N2O5S/c1-33-23-5-3-4-20(15-23)25(29)27-26(30)21-9-8-19-12-13-28(17-22(19)14-21)16-18-6-10-24(11-7-18)34(2,31)32/h3-15H,16-17H2,1-2H3,(H,27,29,30). The molecule has 3 aromatic rings. The Labute approximate surface area is 198 Å². The molecule has 8 heteroatoms. The van der Waals surface area contributed by atoms with Crippen molar-refractivity contribution in [1.82, 2.24) is 10.2 Å². The molecule has 0 spiro atoms. The van der Waals surface area contributed by atoms with Crippen LogP contribution in [0.2, 0.25) is 0 Å². The van der Waals surface area contributed by atoms with Crippen LogP contribution in [0.4, 0.5) is 0 Å². The van der Waals surface area contributed by atoms with Gasteiger partial charge in [-0.3, -0.25) is 14.9 Å². The topological polar surface area (TPSA) is 92.8 Å². The summed E-state index contributed by atoms with van der Waals surface area (Å²) in [6.07, 6.45) is 5.12. The highest BCUT2D eigenvalue weighted by Gasteiger charge is 2.17. The molecule has 174 valence electrons. The molecule has 7 nitrogen and oxygen atoms in total. The van der Waals surface area contributed by atoms with Gasteiger partial charge in [-0.25, -0.2) is 8.42 Å². The molecule has 0 radical (unpaired) electrons. The van der Waals surface area contributed by atoms with Crippen molar-refractivity contribution in [2.24, 2.45) is 0 Å². The Kier molecular flexibility index (Phi) is 6.51. The number of imide groups is 1. The van der Waals surface area contributed by atoms with Crippen LogP contribution in [-0.4, -0.2) is 38.5 Å². The molecule has 0 atom stereocenters. The highest BCUT2D eigenvalue weighted by atomic mass is 32.2. The molecule has 0 bridgehead atoms. The molecule has 0 saturated carbocycles. The fraction of sp³-hybridized carbons (Fsp3) is 0.154. The molecule has 1 aliphatic rings. The van der Waals surface area contributed by atoms with E-state index in [1.807, 2.05) is 18.3 Å². The van der Waals surface area contributed by atoms with Crippen molar-refractivity contribution in [2.75, 3.05) is 13.4 Å². The Hall–Kier alpha value is -3.91. The van der Waals surface area contributed by atoms with Gasteiger partial charge in [0.25, 0.3) is 11.8 Å². The molecule has 0 unspecified atom stereocenters. The quantitative estimate of drug-likeness (QED) is 0.546. The monoisotopic (exact) mass is 476 g/mol. The van der Waals surface area contributed by atoms with Crippen molar-refractivity contribution in [3.05, 3.63) is 101 Å². The Morgan fingerprint density at radius 3 is 2.35 bits per heavy atom. The number of sulfone groups is 1. The van der Waals surface area contributed by atoms with Crippen LogP contribution < -0.4 is 10.1 Å². The molecule has 1 aliphatic heterocycles. The number of carbonyl (C=O) groups excluding carboxylic acids is 2. The van der Waals surface area contributed by atoms with Crippen LogP contribution in [0.3, 0.4) is 0 Å². The van der Waals surface area contributed by atoms with E-state index in [0.717, 1.165) is 16.7 Å². The molecule has 0 aromatic heterocycles. The summed E-state index contributed by atoms with van der Waals surface area (Å²) in [5, 5.41) is 2.42. The minimum absolute atomic E-state index is 0.287. The molecule has 1 heterocycles. The fourth-order valence-electron chi connectivity index (χ4n) is 3.70. The minimum atomic E-state index is -3.23. The van der Waals surface area contributed by atoms with E-state index in [9.17, 15) is 18.0 Å². The molecule has 34 heavy (non-hydrogen) atoms. The van der Waals surface area contributed by atoms with E-state index in [-0.39, 0.29) is 4.90 Å². The zero-order chi connectivity index (χ0) is 24.3. The summed E-state index contributed by atoms with van der Waals surface area (Å²) in [5.41, 5.74) is 3.65. The third-order valence-corrected chi connectivity index (χ3v) is 6.67. The Balaban J connectivity index is 1.44. The summed E-state index contributed by atoms with van der Waals surface area (Å²) in [4.78, 5) is 27.5. The lowest BCUT2D eigenvalue weighted by molar-refractivity contribution is 0.0849. The molecule has 4 rings (SSSR count). The van der Waals surface area contributed by atoms with Crippen molar-refractivity contribution in [3.8, 4) is 5.75 Å². The average Bonchev–Trinajstić information content (AvgIpc) is 2.83. The summed E-state index contributed by atoms with van der Waals surface area (Å²) in [6, 6.07) is 18.7. The van der Waals surface area contributed by atoms with E-state index in [0.29, 0.717) is 30.0 Å². The number of ether oxygens (including phenoxy) is 1. The van der Waals surface area contributed by atoms with E-state index in [1.54, 1.807) is 60.7 Å². The highest BCUT2D eigenvalue weighted by Crippen LogP contribution is 2.23. The summed E-state index contributed by atoms with van der Waals surface area (Å²) in [7, 11) is -1.72. The fourth-order valence-corrected chi connectivity index (χ4v) is 4.33. The number of nitrogens with zero attached hydrogens (tertiary/aromatic N) is 1. The largest absolute Gasteiger partial charge is 0.497 e. The lowest BCUT2D eigenvalue weighted by Gasteiger charge is -2.26. The van der Waals surface area contributed by atoms with Crippen LogP contribution in [0.15, 0.2) is 77.8 Å². The molecule has 3 aromatic carbocycles. The maximum atomic E-state index is 12.7. The number of carbonyl (C=O) groups is 2. The summed E-state index contributed by atoms with van der Waals surface area (Å²) in [6.45, 7) is 1.16. The van der Waals surface area contributed by atoms with E-state index in [1.165, 1.54) is 13.4 Å². The third kappa shape index (κ3) is 5.35. The van der Waals surface area contributed by atoms with Crippen LogP contribution >= 0.6 is 0 Å². The number of benzene rings is 3. The lowest BCUT2D eigenvalue weighted by Crippen LogP contribution is -2.30. The molecule has 0 fully saturated rings. The molecular formula is C26H24N2O5S. The number of hydrogen-bond acceptors (Lipinski definition) is 6. The van der Waals surface area contributed by atoms with E-state index < -0.39 is 21.7 Å². The first-order chi connectivity index (χ1) is 16.2. The number of nitrogens with one attached hydrogen (secondary N) is 1. The smallest absolute Gasteiger partial charge is 0.258 e. The first-order valence-electron chi connectivity index (χ1n) is 10.6. The lowest BCUT2D eigenvalue weighted by atomic mass is 10.00. The van der Waals surface area contributed by atoms with Crippen molar-refractivity contribution >= 4 is 27.7 Å². The van der Waals surface area contributed by atoms with Gasteiger partial charge >= 0.3 is 0 Å².